The van der Waals surface area contributed by atoms with E-state index >= 15 is 0 Å². The Morgan fingerprint density at radius 2 is 2.32 bits per heavy atom. The lowest BCUT2D eigenvalue weighted by Gasteiger charge is -2.23. The molecule has 1 fully saturated rings. The summed E-state index contributed by atoms with van der Waals surface area (Å²) in [5, 5.41) is 5.02. The number of thioether (sulfide) groups is 1. The van der Waals surface area contributed by atoms with Gasteiger partial charge in [0.15, 0.2) is 5.17 Å². The first-order valence-corrected chi connectivity index (χ1v) is 7.94. The van der Waals surface area contributed by atoms with Crippen LogP contribution in [-0.2, 0) is 0 Å². The molecule has 3 nitrogen and oxygen atoms in total. The number of halogens is 1. The zero-order valence-corrected chi connectivity index (χ0v) is 12.4. The number of hydrogen-bond donors (Lipinski definition) is 1. The van der Waals surface area contributed by atoms with Crippen molar-refractivity contribution in [2.75, 3.05) is 18.2 Å². The molecule has 2 aliphatic rings. The van der Waals surface area contributed by atoms with Gasteiger partial charge in [-0.2, -0.15) is 0 Å². The first-order chi connectivity index (χ1) is 9.26. The zero-order valence-electron chi connectivity index (χ0n) is 10.9. The molecule has 3 rings (SSSR count). The van der Waals surface area contributed by atoms with Gasteiger partial charge in [-0.25, -0.2) is 0 Å². The zero-order chi connectivity index (χ0) is 13.2. The predicted octanol–water partition coefficient (Wildman–Crippen LogP) is 4.03. The van der Waals surface area contributed by atoms with Crippen LogP contribution in [0.1, 0.15) is 19.3 Å². The highest BCUT2D eigenvalue weighted by atomic mass is 35.5. The molecule has 0 aromatic heterocycles. The molecular formula is C14H17ClN2OS. The van der Waals surface area contributed by atoms with Crippen molar-refractivity contribution < 1.29 is 4.74 Å². The van der Waals surface area contributed by atoms with Crippen molar-refractivity contribution in [1.29, 1.82) is 0 Å². The Morgan fingerprint density at radius 3 is 3.16 bits per heavy atom. The highest BCUT2D eigenvalue weighted by Crippen LogP contribution is 2.36. The van der Waals surface area contributed by atoms with E-state index in [1.165, 1.54) is 25.0 Å². The van der Waals surface area contributed by atoms with Crippen LogP contribution in [0.25, 0.3) is 0 Å². The number of anilines is 1. The molecule has 1 heterocycles. The second-order valence-electron chi connectivity index (χ2n) is 4.98. The van der Waals surface area contributed by atoms with Crippen molar-refractivity contribution in [3.8, 4) is 5.75 Å². The maximum atomic E-state index is 6.02. The standard InChI is InChI=1S/C14H17ClN2OS/c1-18-13-7-10(5-6-11(13)15)16-14-17-12-4-2-3-9(12)8-19-14/h5-7,9,12H,2-4,8H2,1H3,(H,16,17). The number of hydrogen-bond acceptors (Lipinski definition) is 4. The van der Waals surface area contributed by atoms with Crippen LogP contribution >= 0.6 is 23.4 Å². The van der Waals surface area contributed by atoms with E-state index in [9.17, 15) is 0 Å². The summed E-state index contributed by atoms with van der Waals surface area (Å²) in [6.45, 7) is 0. The molecule has 0 amide bonds. The van der Waals surface area contributed by atoms with Crippen molar-refractivity contribution in [2.24, 2.45) is 10.9 Å². The molecule has 1 N–H and O–H groups in total. The maximum absolute atomic E-state index is 6.02. The molecule has 1 saturated carbocycles. The van der Waals surface area contributed by atoms with Gasteiger partial charge in [-0.3, -0.25) is 4.99 Å². The largest absolute Gasteiger partial charge is 0.495 e. The number of nitrogens with zero attached hydrogens (tertiary/aromatic N) is 1. The molecule has 0 radical (unpaired) electrons. The normalized spacial score (nSPS) is 25.7. The van der Waals surface area contributed by atoms with E-state index in [-0.39, 0.29) is 0 Å². The second kappa shape index (κ2) is 5.63. The predicted molar refractivity (Wildman–Crippen MR) is 82.6 cm³/mol. The Morgan fingerprint density at radius 1 is 1.42 bits per heavy atom. The number of aliphatic imine (C=N–C) groups is 1. The first kappa shape index (κ1) is 13.1. The molecule has 102 valence electrons. The highest BCUT2D eigenvalue weighted by molar-refractivity contribution is 8.14. The summed E-state index contributed by atoms with van der Waals surface area (Å²) < 4.78 is 5.23. The topological polar surface area (TPSA) is 33.6 Å². The van der Waals surface area contributed by atoms with Gasteiger partial charge < -0.3 is 10.1 Å². The summed E-state index contributed by atoms with van der Waals surface area (Å²) >= 11 is 7.84. The van der Waals surface area contributed by atoms with Gasteiger partial charge in [0.05, 0.1) is 18.2 Å². The molecule has 0 saturated heterocycles. The minimum absolute atomic E-state index is 0.526. The van der Waals surface area contributed by atoms with E-state index in [2.05, 4.69) is 5.32 Å². The molecule has 2 atom stereocenters. The van der Waals surface area contributed by atoms with Crippen molar-refractivity contribution in [3.05, 3.63) is 23.2 Å². The fourth-order valence-electron chi connectivity index (χ4n) is 2.68. The molecule has 1 aromatic rings. The minimum atomic E-state index is 0.526. The molecule has 1 aliphatic carbocycles. The molecule has 0 bridgehead atoms. The van der Waals surface area contributed by atoms with Crippen LogP contribution < -0.4 is 10.1 Å². The molecule has 2 unspecified atom stereocenters. The van der Waals surface area contributed by atoms with E-state index in [0.717, 1.165) is 16.8 Å². The van der Waals surface area contributed by atoms with E-state index in [1.54, 1.807) is 7.11 Å². The third-order valence-electron chi connectivity index (χ3n) is 3.74. The van der Waals surface area contributed by atoms with E-state index in [1.807, 2.05) is 30.0 Å². The molecule has 0 spiro atoms. The van der Waals surface area contributed by atoms with Crippen molar-refractivity contribution in [3.63, 3.8) is 0 Å². The van der Waals surface area contributed by atoms with Crippen molar-refractivity contribution >= 4 is 34.2 Å². The molecule has 19 heavy (non-hydrogen) atoms. The van der Waals surface area contributed by atoms with E-state index < -0.39 is 0 Å². The fraction of sp³-hybridized carbons (Fsp3) is 0.500. The summed E-state index contributed by atoms with van der Waals surface area (Å²) in [6, 6.07) is 6.23. The van der Waals surface area contributed by atoms with Gasteiger partial charge >= 0.3 is 0 Å². The average molecular weight is 297 g/mol. The Kier molecular flexibility index (Phi) is 3.89. The van der Waals surface area contributed by atoms with Crippen LogP contribution in [0.2, 0.25) is 5.02 Å². The van der Waals surface area contributed by atoms with Crippen LogP contribution in [0.3, 0.4) is 0 Å². The highest BCUT2D eigenvalue weighted by Gasteiger charge is 2.30. The van der Waals surface area contributed by atoms with Gasteiger partial charge in [-0.05, 0) is 30.9 Å². The summed E-state index contributed by atoms with van der Waals surface area (Å²) in [7, 11) is 1.63. The SMILES string of the molecule is COc1cc(NC2=NC3CCCC3CS2)ccc1Cl. The number of amidine groups is 1. The number of fused-ring (bicyclic) bond motifs is 1. The molecule has 1 aliphatic heterocycles. The van der Waals surface area contributed by atoms with Gasteiger partial charge in [0.1, 0.15) is 5.75 Å². The Hall–Kier alpha value is -0.870. The van der Waals surface area contributed by atoms with Crippen molar-refractivity contribution in [2.45, 2.75) is 25.3 Å². The number of methoxy groups -OCH3 is 1. The third-order valence-corrected chi connectivity index (χ3v) is 5.13. The second-order valence-corrected chi connectivity index (χ2v) is 6.39. The summed E-state index contributed by atoms with van der Waals surface area (Å²) in [6.07, 6.45) is 3.89. The summed E-state index contributed by atoms with van der Waals surface area (Å²) in [5.74, 6) is 2.66. The average Bonchev–Trinajstić information content (AvgIpc) is 2.88. The summed E-state index contributed by atoms with van der Waals surface area (Å²) in [5.41, 5.74) is 0.976. The number of rotatable bonds is 2. The molecule has 5 heteroatoms. The fourth-order valence-corrected chi connectivity index (χ4v) is 4.04. The lowest BCUT2D eigenvalue weighted by molar-refractivity contribution is 0.415. The Balaban J connectivity index is 1.74. The van der Waals surface area contributed by atoms with Gasteiger partial charge in [-0.1, -0.05) is 29.8 Å². The quantitative estimate of drug-likeness (QED) is 0.894. The first-order valence-electron chi connectivity index (χ1n) is 6.57. The Labute approximate surface area is 122 Å². The van der Waals surface area contributed by atoms with Crippen LogP contribution in [0.15, 0.2) is 23.2 Å². The minimum Gasteiger partial charge on any atom is -0.495 e. The van der Waals surface area contributed by atoms with Gasteiger partial charge in [-0.15, -0.1) is 0 Å². The monoisotopic (exact) mass is 296 g/mol. The smallest absolute Gasteiger partial charge is 0.161 e. The van der Waals surface area contributed by atoms with Crippen LogP contribution in [0.5, 0.6) is 5.75 Å². The summed E-state index contributed by atoms with van der Waals surface area (Å²) in [4.78, 5) is 4.81. The lowest BCUT2D eigenvalue weighted by Crippen LogP contribution is -2.25. The van der Waals surface area contributed by atoms with Crippen LogP contribution in [0, 0.1) is 5.92 Å². The Bertz CT molecular complexity index is 506. The van der Waals surface area contributed by atoms with Crippen molar-refractivity contribution in [1.82, 2.24) is 0 Å². The van der Waals surface area contributed by atoms with Gasteiger partial charge in [0, 0.05) is 17.5 Å². The third kappa shape index (κ3) is 2.84. The van der Waals surface area contributed by atoms with E-state index in [4.69, 9.17) is 21.3 Å². The number of ether oxygens (including phenoxy) is 1. The lowest BCUT2D eigenvalue weighted by atomic mass is 10.1. The number of nitrogens with one attached hydrogen (secondary N) is 1. The van der Waals surface area contributed by atoms with Crippen LogP contribution in [0.4, 0.5) is 5.69 Å². The number of benzene rings is 1. The van der Waals surface area contributed by atoms with E-state index in [0.29, 0.717) is 16.8 Å². The van der Waals surface area contributed by atoms with Gasteiger partial charge in [0.2, 0.25) is 0 Å². The maximum Gasteiger partial charge on any atom is 0.161 e. The molecular weight excluding hydrogens is 280 g/mol. The van der Waals surface area contributed by atoms with Crippen LogP contribution in [-0.4, -0.2) is 24.1 Å². The molecule has 1 aromatic carbocycles. The van der Waals surface area contributed by atoms with Gasteiger partial charge in [0.25, 0.3) is 0 Å².